The first-order chi connectivity index (χ1) is 8.59. The highest BCUT2D eigenvalue weighted by molar-refractivity contribution is 5.95. The molecule has 0 aromatic heterocycles. The number of fused-ring (bicyclic) bond motifs is 1. The Morgan fingerprint density at radius 3 is 2.89 bits per heavy atom. The summed E-state index contributed by atoms with van der Waals surface area (Å²) in [7, 11) is 0. The summed E-state index contributed by atoms with van der Waals surface area (Å²) in [4.78, 5) is 14.4. The van der Waals surface area contributed by atoms with Crippen LogP contribution in [0.15, 0.2) is 18.2 Å². The highest BCUT2D eigenvalue weighted by Crippen LogP contribution is 2.31. The summed E-state index contributed by atoms with van der Waals surface area (Å²) >= 11 is 0. The van der Waals surface area contributed by atoms with E-state index in [1.54, 1.807) is 0 Å². The maximum absolute atomic E-state index is 12.3. The fourth-order valence-corrected chi connectivity index (χ4v) is 2.64. The average molecular weight is 245 g/mol. The zero-order valence-electron chi connectivity index (χ0n) is 11.7. The third-order valence-corrected chi connectivity index (χ3v) is 3.66. The predicted molar refractivity (Wildman–Crippen MR) is 75.9 cm³/mol. The summed E-state index contributed by atoms with van der Waals surface area (Å²) < 4.78 is 0. The Kier molecular flexibility index (Phi) is 4.05. The third-order valence-electron chi connectivity index (χ3n) is 3.66. The van der Waals surface area contributed by atoms with Gasteiger partial charge in [-0.3, -0.25) is 4.79 Å². The molecule has 1 amide bonds. The molecular formula is C16H23NO. The van der Waals surface area contributed by atoms with Gasteiger partial charge in [0.2, 0.25) is 5.91 Å². The standard InChI is InChI=1S/C16H23NO/c1-12(2)9-10-15(18)17-11-5-8-14-7-4-6-13(3)16(14)17/h4,6-7,12H,5,8-11H2,1-3H3. The smallest absolute Gasteiger partial charge is 0.227 e. The second-order valence-electron chi connectivity index (χ2n) is 5.66. The van der Waals surface area contributed by atoms with Crippen molar-refractivity contribution in [2.75, 3.05) is 11.4 Å². The zero-order valence-corrected chi connectivity index (χ0v) is 11.7. The van der Waals surface area contributed by atoms with Crippen molar-refractivity contribution >= 4 is 11.6 Å². The van der Waals surface area contributed by atoms with E-state index in [1.807, 2.05) is 4.90 Å². The molecule has 1 aromatic carbocycles. The molecule has 0 N–H and O–H groups in total. The molecule has 0 saturated heterocycles. The van der Waals surface area contributed by atoms with Gasteiger partial charge in [0.05, 0.1) is 0 Å². The van der Waals surface area contributed by atoms with Crippen LogP contribution in [0, 0.1) is 12.8 Å². The van der Waals surface area contributed by atoms with Gasteiger partial charge in [-0.25, -0.2) is 0 Å². The molecule has 2 heteroatoms. The topological polar surface area (TPSA) is 20.3 Å². The van der Waals surface area contributed by atoms with Gasteiger partial charge < -0.3 is 4.90 Å². The lowest BCUT2D eigenvalue weighted by Crippen LogP contribution is -2.36. The van der Waals surface area contributed by atoms with Crippen LogP contribution in [0.3, 0.4) is 0 Å². The van der Waals surface area contributed by atoms with Gasteiger partial charge in [0.15, 0.2) is 0 Å². The van der Waals surface area contributed by atoms with Crippen LogP contribution in [0.25, 0.3) is 0 Å². The molecule has 0 spiro atoms. The van der Waals surface area contributed by atoms with Crippen molar-refractivity contribution < 1.29 is 4.79 Å². The van der Waals surface area contributed by atoms with Crippen LogP contribution in [-0.4, -0.2) is 12.5 Å². The van der Waals surface area contributed by atoms with Crippen molar-refractivity contribution in [3.8, 4) is 0 Å². The maximum Gasteiger partial charge on any atom is 0.227 e. The number of nitrogens with zero attached hydrogens (tertiary/aromatic N) is 1. The number of hydrogen-bond acceptors (Lipinski definition) is 1. The lowest BCUT2D eigenvalue weighted by molar-refractivity contribution is -0.119. The van der Waals surface area contributed by atoms with Crippen LogP contribution in [0.1, 0.15) is 44.2 Å². The molecular weight excluding hydrogens is 222 g/mol. The minimum atomic E-state index is 0.291. The van der Waals surface area contributed by atoms with Gasteiger partial charge in [-0.1, -0.05) is 32.0 Å². The van der Waals surface area contributed by atoms with E-state index in [1.165, 1.54) is 16.8 Å². The van der Waals surface area contributed by atoms with Gasteiger partial charge in [-0.05, 0) is 43.2 Å². The molecule has 0 atom stereocenters. The van der Waals surface area contributed by atoms with E-state index >= 15 is 0 Å². The van der Waals surface area contributed by atoms with Crippen molar-refractivity contribution in [1.82, 2.24) is 0 Å². The number of para-hydroxylation sites is 1. The fourth-order valence-electron chi connectivity index (χ4n) is 2.64. The van der Waals surface area contributed by atoms with Crippen molar-refractivity contribution in [3.63, 3.8) is 0 Å². The van der Waals surface area contributed by atoms with E-state index < -0.39 is 0 Å². The molecule has 0 saturated carbocycles. The van der Waals surface area contributed by atoms with Crippen LogP contribution < -0.4 is 4.90 Å². The molecule has 18 heavy (non-hydrogen) atoms. The molecule has 0 aliphatic carbocycles. The number of rotatable bonds is 3. The van der Waals surface area contributed by atoms with Crippen LogP contribution in [0.5, 0.6) is 0 Å². The first kappa shape index (κ1) is 13.1. The Bertz CT molecular complexity index is 437. The van der Waals surface area contributed by atoms with E-state index in [0.29, 0.717) is 18.2 Å². The van der Waals surface area contributed by atoms with Gasteiger partial charge in [0.1, 0.15) is 0 Å². The van der Waals surface area contributed by atoms with Gasteiger partial charge in [-0.2, -0.15) is 0 Å². The number of aryl methyl sites for hydroxylation is 2. The summed E-state index contributed by atoms with van der Waals surface area (Å²) in [5.41, 5.74) is 3.74. The van der Waals surface area contributed by atoms with Crippen LogP contribution in [0.4, 0.5) is 5.69 Å². The molecule has 98 valence electrons. The van der Waals surface area contributed by atoms with Crippen LogP contribution in [-0.2, 0) is 11.2 Å². The molecule has 2 rings (SSSR count). The number of benzene rings is 1. The zero-order chi connectivity index (χ0) is 13.1. The first-order valence-corrected chi connectivity index (χ1v) is 6.98. The fraction of sp³-hybridized carbons (Fsp3) is 0.562. The van der Waals surface area contributed by atoms with E-state index in [2.05, 4.69) is 39.0 Å². The Balaban J connectivity index is 2.19. The highest BCUT2D eigenvalue weighted by Gasteiger charge is 2.23. The number of anilines is 1. The third kappa shape index (κ3) is 2.74. The Hall–Kier alpha value is -1.31. The van der Waals surface area contributed by atoms with Gasteiger partial charge in [0, 0.05) is 18.7 Å². The number of carbonyl (C=O) groups excluding carboxylic acids is 1. The molecule has 0 bridgehead atoms. The van der Waals surface area contributed by atoms with Crippen molar-refractivity contribution in [2.45, 2.75) is 46.5 Å². The van der Waals surface area contributed by atoms with Crippen LogP contribution >= 0.6 is 0 Å². The molecule has 0 fully saturated rings. The van der Waals surface area contributed by atoms with Gasteiger partial charge in [-0.15, -0.1) is 0 Å². The summed E-state index contributed by atoms with van der Waals surface area (Å²) in [6.45, 7) is 7.33. The van der Waals surface area contributed by atoms with E-state index in [9.17, 15) is 4.79 Å². The Morgan fingerprint density at radius 1 is 1.39 bits per heavy atom. The largest absolute Gasteiger partial charge is 0.312 e. The lowest BCUT2D eigenvalue weighted by atomic mass is 9.97. The summed E-state index contributed by atoms with van der Waals surface area (Å²) in [5, 5.41) is 0. The van der Waals surface area contributed by atoms with E-state index in [-0.39, 0.29) is 0 Å². The monoisotopic (exact) mass is 245 g/mol. The summed E-state index contributed by atoms with van der Waals surface area (Å²) in [6.07, 6.45) is 3.84. The summed E-state index contributed by atoms with van der Waals surface area (Å²) in [5.74, 6) is 0.883. The number of carbonyl (C=O) groups is 1. The normalized spacial score (nSPS) is 14.8. The Morgan fingerprint density at radius 2 is 2.17 bits per heavy atom. The van der Waals surface area contributed by atoms with E-state index in [0.717, 1.165) is 25.8 Å². The molecule has 0 radical (unpaired) electrons. The van der Waals surface area contributed by atoms with E-state index in [4.69, 9.17) is 0 Å². The quantitative estimate of drug-likeness (QED) is 0.795. The maximum atomic E-state index is 12.3. The van der Waals surface area contributed by atoms with Crippen molar-refractivity contribution in [3.05, 3.63) is 29.3 Å². The average Bonchev–Trinajstić information content (AvgIpc) is 2.35. The number of hydrogen-bond donors (Lipinski definition) is 0. The molecule has 1 aromatic rings. The minimum Gasteiger partial charge on any atom is -0.312 e. The second-order valence-corrected chi connectivity index (χ2v) is 5.66. The predicted octanol–water partition coefficient (Wildman–Crippen LogP) is 3.71. The van der Waals surface area contributed by atoms with Crippen molar-refractivity contribution in [1.29, 1.82) is 0 Å². The second kappa shape index (κ2) is 5.55. The molecule has 0 unspecified atom stereocenters. The molecule has 1 aliphatic rings. The minimum absolute atomic E-state index is 0.291. The van der Waals surface area contributed by atoms with Crippen LogP contribution in [0.2, 0.25) is 0 Å². The molecule has 1 heterocycles. The SMILES string of the molecule is Cc1cccc2c1N(C(=O)CCC(C)C)CCC2. The number of amides is 1. The van der Waals surface area contributed by atoms with Crippen molar-refractivity contribution in [2.24, 2.45) is 5.92 Å². The summed E-state index contributed by atoms with van der Waals surface area (Å²) in [6, 6.07) is 6.35. The van der Waals surface area contributed by atoms with Gasteiger partial charge >= 0.3 is 0 Å². The first-order valence-electron chi connectivity index (χ1n) is 6.98. The highest BCUT2D eigenvalue weighted by atomic mass is 16.2. The lowest BCUT2D eigenvalue weighted by Gasteiger charge is -2.31. The molecule has 2 nitrogen and oxygen atoms in total. The molecule has 1 aliphatic heterocycles. The Labute approximate surface area is 110 Å². The van der Waals surface area contributed by atoms with Gasteiger partial charge in [0.25, 0.3) is 0 Å².